The molecule has 0 radical (unpaired) electrons. The second kappa shape index (κ2) is 9.43. The summed E-state index contributed by atoms with van der Waals surface area (Å²) in [7, 11) is 1.36. The van der Waals surface area contributed by atoms with Crippen molar-refractivity contribution in [3.63, 3.8) is 0 Å². The van der Waals surface area contributed by atoms with Crippen molar-refractivity contribution in [3.8, 4) is 0 Å². The Bertz CT molecular complexity index is 1070. The fourth-order valence-corrected chi connectivity index (χ4v) is 3.43. The fourth-order valence-electron chi connectivity index (χ4n) is 3.43. The van der Waals surface area contributed by atoms with Crippen LogP contribution in [0.15, 0.2) is 66.5 Å². The lowest BCUT2D eigenvalue weighted by molar-refractivity contribution is -0.146. The minimum Gasteiger partial charge on any atom is -0.465 e. The number of hydrogen-bond acceptors (Lipinski definition) is 5. The standard InChI is InChI=1S/C25H26N2O4/c1-5-18(22-21(13-16-26-22)23(28)30-4)8-7-17(3)19-9-11-20(12-10-19)25(14-15-25)24(29)31-27-6-2/h5-13,16,26H,3,14-15H2,1-2,4H3/b8-7-,18-5+,27-6+. The molecule has 0 aliphatic heterocycles. The van der Waals surface area contributed by atoms with Crippen LogP contribution in [0.2, 0.25) is 0 Å². The van der Waals surface area contributed by atoms with Gasteiger partial charge in [0.15, 0.2) is 0 Å². The molecular weight excluding hydrogens is 392 g/mol. The van der Waals surface area contributed by atoms with E-state index in [-0.39, 0.29) is 5.97 Å². The predicted octanol–water partition coefficient (Wildman–Crippen LogP) is 5.05. The zero-order valence-electron chi connectivity index (χ0n) is 18.0. The topological polar surface area (TPSA) is 80.8 Å². The molecule has 0 unspecified atom stereocenters. The lowest BCUT2D eigenvalue weighted by Gasteiger charge is -2.13. The molecule has 2 aromatic rings. The minimum absolute atomic E-state index is 0.317. The van der Waals surface area contributed by atoms with Crippen LogP contribution in [0.5, 0.6) is 0 Å². The van der Waals surface area contributed by atoms with Crippen LogP contribution in [0.25, 0.3) is 11.1 Å². The summed E-state index contributed by atoms with van der Waals surface area (Å²) in [5.41, 5.74) is 4.10. The van der Waals surface area contributed by atoms with Crippen LogP contribution in [0.3, 0.4) is 0 Å². The number of aromatic amines is 1. The van der Waals surface area contributed by atoms with E-state index in [0.29, 0.717) is 11.3 Å². The van der Waals surface area contributed by atoms with Gasteiger partial charge in [-0.15, -0.1) is 0 Å². The molecule has 1 aliphatic rings. The first-order valence-electron chi connectivity index (χ1n) is 10.1. The van der Waals surface area contributed by atoms with Gasteiger partial charge in [0.05, 0.1) is 23.8 Å². The molecule has 0 bridgehead atoms. The number of allylic oxidation sites excluding steroid dienone is 5. The zero-order chi connectivity index (χ0) is 22.4. The Balaban J connectivity index is 1.74. The van der Waals surface area contributed by atoms with E-state index in [9.17, 15) is 9.59 Å². The minimum atomic E-state index is -0.585. The third-order valence-corrected chi connectivity index (χ3v) is 5.41. The average molecular weight is 418 g/mol. The number of aromatic nitrogens is 1. The van der Waals surface area contributed by atoms with Crippen LogP contribution < -0.4 is 0 Å². The summed E-state index contributed by atoms with van der Waals surface area (Å²) in [5, 5.41) is 3.61. The summed E-state index contributed by atoms with van der Waals surface area (Å²) in [6.07, 6.45) is 10.4. The summed E-state index contributed by atoms with van der Waals surface area (Å²) >= 11 is 0. The van der Waals surface area contributed by atoms with Gasteiger partial charge in [-0.1, -0.05) is 54.2 Å². The van der Waals surface area contributed by atoms with Gasteiger partial charge >= 0.3 is 11.9 Å². The third kappa shape index (κ3) is 4.58. The monoisotopic (exact) mass is 418 g/mol. The van der Waals surface area contributed by atoms with Crippen LogP contribution in [0, 0.1) is 0 Å². The van der Waals surface area contributed by atoms with E-state index in [1.165, 1.54) is 13.3 Å². The summed E-state index contributed by atoms with van der Waals surface area (Å²) in [6.45, 7) is 7.74. The molecule has 0 amide bonds. The number of carbonyl (C=O) groups is 2. The molecule has 0 atom stereocenters. The highest BCUT2D eigenvalue weighted by atomic mass is 16.7. The molecule has 1 heterocycles. The van der Waals surface area contributed by atoms with E-state index in [2.05, 4.69) is 16.7 Å². The lowest BCUT2D eigenvalue weighted by atomic mass is 9.94. The van der Waals surface area contributed by atoms with Crippen LogP contribution in [-0.4, -0.2) is 30.2 Å². The van der Waals surface area contributed by atoms with Gasteiger partial charge < -0.3 is 14.6 Å². The number of H-pyrrole nitrogens is 1. The van der Waals surface area contributed by atoms with Crippen molar-refractivity contribution in [2.45, 2.75) is 32.1 Å². The Kier molecular flexibility index (Phi) is 6.70. The van der Waals surface area contributed by atoms with Crippen LogP contribution in [-0.2, 0) is 19.8 Å². The summed E-state index contributed by atoms with van der Waals surface area (Å²) in [5.74, 6) is -0.710. The maximum Gasteiger partial charge on any atom is 0.345 e. The van der Waals surface area contributed by atoms with Gasteiger partial charge in [-0.05, 0) is 55.0 Å². The molecule has 0 saturated heterocycles. The first-order chi connectivity index (χ1) is 15.0. The second-order valence-corrected chi connectivity index (χ2v) is 7.26. The van der Waals surface area contributed by atoms with Crippen molar-refractivity contribution >= 4 is 29.3 Å². The number of esters is 1. The second-order valence-electron chi connectivity index (χ2n) is 7.26. The van der Waals surface area contributed by atoms with Crippen LogP contribution in [0.4, 0.5) is 0 Å². The number of methoxy groups -OCH3 is 1. The normalized spacial score (nSPS) is 15.3. The molecule has 1 aromatic heterocycles. The highest BCUT2D eigenvalue weighted by Crippen LogP contribution is 2.49. The fraction of sp³-hybridized carbons (Fsp3) is 0.240. The average Bonchev–Trinajstić information content (AvgIpc) is 3.48. The SMILES string of the molecule is C=C(/C=C\C(=C/C)c1[nH]ccc1C(=O)OC)c1ccc(C2(C(=O)O/N=C/C)CC2)cc1. The summed E-state index contributed by atoms with van der Waals surface area (Å²) in [4.78, 5) is 32.3. The van der Waals surface area contributed by atoms with Crippen LogP contribution >= 0.6 is 0 Å². The van der Waals surface area contributed by atoms with E-state index < -0.39 is 11.4 Å². The number of benzene rings is 1. The molecule has 31 heavy (non-hydrogen) atoms. The maximum atomic E-state index is 12.3. The molecule has 1 N–H and O–H groups in total. The first kappa shape index (κ1) is 22.0. The van der Waals surface area contributed by atoms with E-state index >= 15 is 0 Å². The van der Waals surface area contributed by atoms with Gasteiger partial charge in [-0.3, -0.25) is 0 Å². The largest absolute Gasteiger partial charge is 0.465 e. The molecule has 6 nitrogen and oxygen atoms in total. The lowest BCUT2D eigenvalue weighted by Crippen LogP contribution is -2.21. The molecule has 1 fully saturated rings. The number of oxime groups is 1. The van der Waals surface area contributed by atoms with Gasteiger partial charge in [-0.25, -0.2) is 9.59 Å². The molecule has 1 aromatic carbocycles. The van der Waals surface area contributed by atoms with Crippen molar-refractivity contribution in [2.75, 3.05) is 7.11 Å². The van der Waals surface area contributed by atoms with Crippen molar-refractivity contribution in [2.24, 2.45) is 5.16 Å². The summed E-state index contributed by atoms with van der Waals surface area (Å²) < 4.78 is 4.84. The highest BCUT2D eigenvalue weighted by molar-refractivity contribution is 5.96. The Hall–Kier alpha value is -3.67. The van der Waals surface area contributed by atoms with E-state index in [4.69, 9.17) is 9.57 Å². The van der Waals surface area contributed by atoms with Gasteiger partial charge in [-0.2, -0.15) is 0 Å². The van der Waals surface area contributed by atoms with E-state index in [1.54, 1.807) is 19.2 Å². The van der Waals surface area contributed by atoms with Crippen molar-refractivity contribution < 1.29 is 19.2 Å². The smallest absolute Gasteiger partial charge is 0.345 e. The van der Waals surface area contributed by atoms with Gasteiger partial charge in [0, 0.05) is 12.4 Å². The Morgan fingerprint density at radius 3 is 2.42 bits per heavy atom. The quantitative estimate of drug-likeness (QED) is 0.214. The molecule has 1 saturated carbocycles. The maximum absolute atomic E-state index is 12.3. The predicted molar refractivity (Wildman–Crippen MR) is 122 cm³/mol. The molecule has 6 heteroatoms. The number of nitrogens with zero attached hydrogens (tertiary/aromatic N) is 1. The van der Waals surface area contributed by atoms with Crippen molar-refractivity contribution in [3.05, 3.63) is 83.7 Å². The van der Waals surface area contributed by atoms with Crippen LogP contribution in [0.1, 0.15) is 53.9 Å². The van der Waals surface area contributed by atoms with Gasteiger partial charge in [0.2, 0.25) is 0 Å². The van der Waals surface area contributed by atoms with E-state index in [0.717, 1.165) is 35.1 Å². The van der Waals surface area contributed by atoms with E-state index in [1.807, 2.05) is 49.4 Å². The molecule has 0 spiro atoms. The Morgan fingerprint density at radius 1 is 1.13 bits per heavy atom. The third-order valence-electron chi connectivity index (χ3n) is 5.41. The van der Waals surface area contributed by atoms with Gasteiger partial charge in [0.25, 0.3) is 0 Å². The van der Waals surface area contributed by atoms with Crippen molar-refractivity contribution in [1.82, 2.24) is 4.98 Å². The van der Waals surface area contributed by atoms with Gasteiger partial charge in [0.1, 0.15) is 0 Å². The number of rotatable bonds is 8. The molecular formula is C25H26N2O4. The zero-order valence-corrected chi connectivity index (χ0v) is 18.0. The molecule has 1 aliphatic carbocycles. The first-order valence-corrected chi connectivity index (χ1v) is 10.1. The number of ether oxygens (including phenoxy) is 1. The Morgan fingerprint density at radius 2 is 1.84 bits per heavy atom. The Labute approximate surface area is 181 Å². The molecule has 3 rings (SSSR count). The highest BCUT2D eigenvalue weighted by Gasteiger charge is 2.53. The number of hydrogen-bond donors (Lipinski definition) is 1. The number of carbonyl (C=O) groups excluding carboxylic acids is 2. The molecule has 160 valence electrons. The summed E-state index contributed by atoms with van der Waals surface area (Å²) in [6, 6.07) is 9.46. The van der Waals surface area contributed by atoms with Crippen molar-refractivity contribution in [1.29, 1.82) is 0 Å². The number of nitrogens with one attached hydrogen (secondary N) is 1.